The van der Waals surface area contributed by atoms with Crippen molar-refractivity contribution in [1.82, 2.24) is 4.57 Å². The fourth-order valence-electron chi connectivity index (χ4n) is 2.23. The van der Waals surface area contributed by atoms with Crippen LogP contribution in [0.5, 0.6) is 0 Å². The average Bonchev–Trinajstić information content (AvgIpc) is 2.85. The maximum Gasteiger partial charge on any atom is 0.244 e. The number of nitrogens with zero attached hydrogens (tertiary/aromatic N) is 1. The van der Waals surface area contributed by atoms with E-state index in [9.17, 15) is 4.79 Å². The van der Waals surface area contributed by atoms with Gasteiger partial charge in [-0.05, 0) is 29.7 Å². The van der Waals surface area contributed by atoms with Gasteiger partial charge in [0.1, 0.15) is 6.54 Å². The molecule has 2 aromatic carbocycles. The number of anilines is 2. The molecule has 0 saturated carbocycles. The fraction of sp³-hybridized carbons (Fsp3) is 0.0625. The molecule has 0 saturated heterocycles. The van der Waals surface area contributed by atoms with Crippen molar-refractivity contribution in [2.75, 3.05) is 11.1 Å². The number of nitrogens with one attached hydrogen (secondary N) is 1. The molecule has 0 aliphatic rings. The lowest BCUT2D eigenvalue weighted by Gasteiger charge is -2.09. The first kappa shape index (κ1) is 12.3. The summed E-state index contributed by atoms with van der Waals surface area (Å²) in [5.41, 5.74) is 8.07. The van der Waals surface area contributed by atoms with Gasteiger partial charge in [0, 0.05) is 11.7 Å². The Hall–Kier alpha value is -2.75. The number of nitrogens with two attached hydrogens (primary N) is 1. The number of hydrogen-bond donors (Lipinski definition) is 2. The third-order valence-electron chi connectivity index (χ3n) is 3.23. The highest BCUT2D eigenvalue weighted by Gasteiger charge is 2.07. The van der Waals surface area contributed by atoms with Gasteiger partial charge in [-0.25, -0.2) is 0 Å². The normalized spacial score (nSPS) is 10.6. The zero-order chi connectivity index (χ0) is 13.9. The molecule has 4 nitrogen and oxygen atoms in total. The monoisotopic (exact) mass is 265 g/mol. The minimum Gasteiger partial charge on any atom is -0.397 e. The Kier molecular flexibility index (Phi) is 3.13. The minimum atomic E-state index is -0.0933. The van der Waals surface area contributed by atoms with Crippen LogP contribution in [0.4, 0.5) is 11.4 Å². The zero-order valence-corrected chi connectivity index (χ0v) is 10.9. The van der Waals surface area contributed by atoms with E-state index < -0.39 is 0 Å². The third kappa shape index (κ3) is 2.36. The van der Waals surface area contributed by atoms with Crippen LogP contribution in [0.25, 0.3) is 10.9 Å². The van der Waals surface area contributed by atoms with E-state index in [4.69, 9.17) is 5.73 Å². The maximum absolute atomic E-state index is 12.1. The molecule has 3 aromatic rings. The van der Waals surface area contributed by atoms with Gasteiger partial charge in [0.2, 0.25) is 5.91 Å². The molecule has 4 heteroatoms. The van der Waals surface area contributed by atoms with Crippen LogP contribution in [0, 0.1) is 0 Å². The summed E-state index contributed by atoms with van der Waals surface area (Å²) in [7, 11) is 0. The molecule has 1 amide bonds. The molecule has 0 aliphatic carbocycles. The van der Waals surface area contributed by atoms with Gasteiger partial charge in [-0.15, -0.1) is 0 Å². The number of aromatic nitrogens is 1. The predicted molar refractivity (Wildman–Crippen MR) is 81.4 cm³/mol. The van der Waals surface area contributed by atoms with Crippen molar-refractivity contribution < 1.29 is 4.79 Å². The van der Waals surface area contributed by atoms with Crippen molar-refractivity contribution in [3.8, 4) is 0 Å². The number of carbonyl (C=O) groups is 1. The quantitative estimate of drug-likeness (QED) is 0.715. The lowest BCUT2D eigenvalue weighted by molar-refractivity contribution is -0.116. The van der Waals surface area contributed by atoms with Crippen LogP contribution in [0.2, 0.25) is 0 Å². The second kappa shape index (κ2) is 5.09. The second-order valence-electron chi connectivity index (χ2n) is 4.64. The molecule has 1 heterocycles. The highest BCUT2D eigenvalue weighted by atomic mass is 16.1. The Bertz CT molecular complexity index is 761. The number of fused-ring (bicyclic) bond motifs is 1. The van der Waals surface area contributed by atoms with Crippen LogP contribution >= 0.6 is 0 Å². The second-order valence-corrected chi connectivity index (χ2v) is 4.64. The van der Waals surface area contributed by atoms with Crippen molar-refractivity contribution >= 4 is 28.2 Å². The van der Waals surface area contributed by atoms with E-state index in [-0.39, 0.29) is 12.5 Å². The van der Waals surface area contributed by atoms with Crippen molar-refractivity contribution in [3.05, 3.63) is 60.8 Å². The molecular weight excluding hydrogens is 250 g/mol. The van der Waals surface area contributed by atoms with Crippen LogP contribution in [0.3, 0.4) is 0 Å². The first-order valence-electron chi connectivity index (χ1n) is 6.42. The summed E-state index contributed by atoms with van der Waals surface area (Å²) < 4.78 is 1.92. The molecular formula is C16H15N3O. The molecule has 3 N–H and O–H groups in total. The molecule has 0 unspecified atom stereocenters. The summed E-state index contributed by atoms with van der Waals surface area (Å²) >= 11 is 0. The summed E-state index contributed by atoms with van der Waals surface area (Å²) in [5.74, 6) is -0.0933. The molecule has 0 radical (unpaired) electrons. The standard InChI is InChI=1S/C16H15N3O/c17-13-6-2-3-7-14(13)18-16(20)11-19-10-9-12-5-1-4-8-15(12)19/h1-10H,11,17H2,(H,18,20). The van der Waals surface area contributed by atoms with Gasteiger partial charge in [0.15, 0.2) is 0 Å². The van der Waals surface area contributed by atoms with E-state index >= 15 is 0 Å². The number of benzene rings is 2. The summed E-state index contributed by atoms with van der Waals surface area (Å²) in [6.07, 6.45) is 1.92. The molecule has 1 aromatic heterocycles. The van der Waals surface area contributed by atoms with Crippen LogP contribution in [0.15, 0.2) is 60.8 Å². The summed E-state index contributed by atoms with van der Waals surface area (Å²) in [4.78, 5) is 12.1. The SMILES string of the molecule is Nc1ccccc1NC(=O)Cn1ccc2ccccc21. The summed E-state index contributed by atoms with van der Waals surface area (Å²) in [6.45, 7) is 0.266. The zero-order valence-electron chi connectivity index (χ0n) is 10.9. The Morgan fingerprint density at radius 1 is 1.05 bits per heavy atom. The Morgan fingerprint density at radius 2 is 1.80 bits per heavy atom. The van der Waals surface area contributed by atoms with E-state index in [1.807, 2.05) is 53.2 Å². The first-order chi connectivity index (χ1) is 9.74. The van der Waals surface area contributed by atoms with E-state index in [1.165, 1.54) is 0 Å². The molecule has 0 bridgehead atoms. The number of amides is 1. The van der Waals surface area contributed by atoms with Gasteiger partial charge in [-0.1, -0.05) is 30.3 Å². The molecule has 100 valence electrons. The van der Waals surface area contributed by atoms with Gasteiger partial charge in [0.25, 0.3) is 0 Å². The predicted octanol–water partition coefficient (Wildman–Crippen LogP) is 2.86. The minimum absolute atomic E-state index is 0.0933. The summed E-state index contributed by atoms with van der Waals surface area (Å²) in [6, 6.07) is 17.2. The number of rotatable bonds is 3. The number of carbonyl (C=O) groups excluding carboxylic acids is 1. The molecule has 0 atom stereocenters. The van der Waals surface area contributed by atoms with E-state index in [0.717, 1.165) is 10.9 Å². The fourth-order valence-corrected chi connectivity index (χ4v) is 2.23. The molecule has 0 fully saturated rings. The molecule has 0 spiro atoms. The maximum atomic E-state index is 12.1. The highest BCUT2D eigenvalue weighted by Crippen LogP contribution is 2.18. The van der Waals surface area contributed by atoms with Gasteiger partial charge in [-0.2, -0.15) is 0 Å². The topological polar surface area (TPSA) is 60.0 Å². The van der Waals surface area contributed by atoms with Crippen LogP contribution in [-0.2, 0) is 11.3 Å². The van der Waals surface area contributed by atoms with E-state index in [0.29, 0.717) is 11.4 Å². The molecule has 0 aliphatic heterocycles. The Morgan fingerprint density at radius 3 is 2.65 bits per heavy atom. The van der Waals surface area contributed by atoms with Crippen molar-refractivity contribution in [2.24, 2.45) is 0 Å². The van der Waals surface area contributed by atoms with Crippen LogP contribution in [0.1, 0.15) is 0 Å². The van der Waals surface area contributed by atoms with Crippen molar-refractivity contribution in [2.45, 2.75) is 6.54 Å². The van der Waals surface area contributed by atoms with E-state index in [2.05, 4.69) is 5.32 Å². The average molecular weight is 265 g/mol. The lowest BCUT2D eigenvalue weighted by Crippen LogP contribution is -2.18. The van der Waals surface area contributed by atoms with E-state index in [1.54, 1.807) is 12.1 Å². The largest absolute Gasteiger partial charge is 0.397 e. The molecule has 3 rings (SSSR count). The highest BCUT2D eigenvalue weighted by molar-refractivity contribution is 5.94. The number of nitrogen functional groups attached to an aromatic ring is 1. The van der Waals surface area contributed by atoms with Gasteiger partial charge in [-0.3, -0.25) is 4.79 Å². The van der Waals surface area contributed by atoms with Gasteiger partial charge >= 0.3 is 0 Å². The van der Waals surface area contributed by atoms with Crippen LogP contribution < -0.4 is 11.1 Å². The summed E-state index contributed by atoms with van der Waals surface area (Å²) in [5, 5.41) is 3.95. The van der Waals surface area contributed by atoms with Gasteiger partial charge < -0.3 is 15.6 Å². The van der Waals surface area contributed by atoms with Gasteiger partial charge in [0.05, 0.1) is 11.4 Å². The molecule has 20 heavy (non-hydrogen) atoms. The third-order valence-corrected chi connectivity index (χ3v) is 3.23. The number of hydrogen-bond acceptors (Lipinski definition) is 2. The van der Waals surface area contributed by atoms with Crippen LogP contribution in [-0.4, -0.2) is 10.5 Å². The Labute approximate surface area is 116 Å². The smallest absolute Gasteiger partial charge is 0.244 e. The first-order valence-corrected chi connectivity index (χ1v) is 6.42. The number of para-hydroxylation sites is 3. The lowest BCUT2D eigenvalue weighted by atomic mass is 10.2. The Balaban J connectivity index is 1.78. The van der Waals surface area contributed by atoms with Crippen molar-refractivity contribution in [1.29, 1.82) is 0 Å². The van der Waals surface area contributed by atoms with Crippen molar-refractivity contribution in [3.63, 3.8) is 0 Å².